The average molecular weight is 369 g/mol. The number of rotatable bonds is 4. The zero-order valence-corrected chi connectivity index (χ0v) is 14.9. The Bertz CT molecular complexity index is 900. The zero-order chi connectivity index (χ0) is 17.9. The van der Waals surface area contributed by atoms with Gasteiger partial charge >= 0.3 is 0 Å². The molecule has 134 valence electrons. The van der Waals surface area contributed by atoms with Crippen LogP contribution in [0.5, 0.6) is 0 Å². The van der Waals surface area contributed by atoms with E-state index >= 15 is 0 Å². The van der Waals surface area contributed by atoms with Crippen LogP contribution in [0.4, 0.5) is 17.2 Å². The first-order chi connectivity index (χ1) is 12.7. The van der Waals surface area contributed by atoms with Crippen LogP contribution >= 0.6 is 11.3 Å². The van der Waals surface area contributed by atoms with E-state index < -0.39 is 0 Å². The Morgan fingerprint density at radius 1 is 1.31 bits per heavy atom. The first kappa shape index (κ1) is 16.6. The number of hydrogen-bond donors (Lipinski definition) is 3. The van der Waals surface area contributed by atoms with Crippen LogP contribution in [0.3, 0.4) is 0 Å². The minimum atomic E-state index is -0.264. The van der Waals surface area contributed by atoms with Crippen molar-refractivity contribution in [2.24, 2.45) is 0 Å². The van der Waals surface area contributed by atoms with Crippen LogP contribution in [0.1, 0.15) is 9.80 Å². The number of nitrogen functional groups attached to an aromatic ring is 1. The predicted molar refractivity (Wildman–Crippen MR) is 104 cm³/mol. The lowest BCUT2D eigenvalue weighted by atomic mass is 10.1. The van der Waals surface area contributed by atoms with Gasteiger partial charge in [-0.25, -0.2) is 4.98 Å². The molecule has 4 rings (SSSR count). The molecule has 4 N–H and O–H groups in total. The lowest BCUT2D eigenvalue weighted by molar-refractivity contribution is 0.102. The molecule has 0 radical (unpaired) electrons. The molecule has 3 heterocycles. The summed E-state index contributed by atoms with van der Waals surface area (Å²) in [6.45, 7) is 3.64. The third-order valence-corrected chi connectivity index (χ3v) is 5.06. The Balaban J connectivity index is 1.51. The number of nitrogens with two attached hydrogens (primary N) is 1. The highest BCUT2D eigenvalue weighted by atomic mass is 32.1. The topological polar surface area (TPSA) is 96.4 Å². The molecule has 0 atom stereocenters. The van der Waals surface area contributed by atoms with E-state index in [2.05, 4.69) is 20.5 Å². The van der Waals surface area contributed by atoms with Crippen molar-refractivity contribution in [3.05, 3.63) is 47.0 Å². The third kappa shape index (κ3) is 3.42. The largest absolute Gasteiger partial charge is 0.464 e. The number of amides is 1. The molecule has 1 fully saturated rings. The summed E-state index contributed by atoms with van der Waals surface area (Å²) < 4.78 is 5.40. The van der Waals surface area contributed by atoms with Gasteiger partial charge in [0.05, 0.1) is 17.6 Å². The van der Waals surface area contributed by atoms with E-state index in [0.29, 0.717) is 16.4 Å². The summed E-state index contributed by atoms with van der Waals surface area (Å²) in [6.07, 6.45) is 1.61. The summed E-state index contributed by atoms with van der Waals surface area (Å²) in [5.74, 6) is 1.30. The van der Waals surface area contributed by atoms with E-state index in [1.807, 2.05) is 23.6 Å². The molecule has 0 bridgehead atoms. The van der Waals surface area contributed by atoms with Gasteiger partial charge in [-0.05, 0) is 30.3 Å². The molecule has 8 heteroatoms. The van der Waals surface area contributed by atoms with Gasteiger partial charge < -0.3 is 25.7 Å². The molecule has 26 heavy (non-hydrogen) atoms. The lowest BCUT2D eigenvalue weighted by Crippen LogP contribution is -2.43. The molecule has 7 nitrogen and oxygen atoms in total. The van der Waals surface area contributed by atoms with Crippen LogP contribution in [0, 0.1) is 0 Å². The quantitative estimate of drug-likeness (QED) is 0.612. The normalized spacial score (nSPS) is 14.4. The van der Waals surface area contributed by atoms with Gasteiger partial charge in [0.25, 0.3) is 5.91 Å². The fraction of sp³-hybridized carbons (Fsp3) is 0.222. The monoisotopic (exact) mass is 369 g/mol. The molecule has 1 saturated heterocycles. The Morgan fingerprint density at radius 2 is 2.15 bits per heavy atom. The SMILES string of the molecule is Nc1ccc(-c2ccco2)cc1NC(=O)c1nc(N2CCNCC2)cs1. The van der Waals surface area contributed by atoms with Crippen molar-refractivity contribution < 1.29 is 9.21 Å². The van der Waals surface area contributed by atoms with E-state index in [1.54, 1.807) is 18.4 Å². The van der Waals surface area contributed by atoms with Crippen molar-refractivity contribution in [1.82, 2.24) is 10.3 Å². The Hall–Kier alpha value is -2.84. The molecule has 3 aromatic rings. The maximum Gasteiger partial charge on any atom is 0.284 e. The zero-order valence-electron chi connectivity index (χ0n) is 14.1. The number of benzene rings is 1. The number of anilines is 3. The second kappa shape index (κ2) is 7.19. The first-order valence-corrected chi connectivity index (χ1v) is 9.24. The number of hydrogen-bond acceptors (Lipinski definition) is 7. The highest BCUT2D eigenvalue weighted by Gasteiger charge is 2.18. The number of carbonyl (C=O) groups excluding carboxylic acids is 1. The van der Waals surface area contributed by atoms with Gasteiger partial charge in [0, 0.05) is 37.1 Å². The van der Waals surface area contributed by atoms with Crippen molar-refractivity contribution in [1.29, 1.82) is 0 Å². The average Bonchev–Trinajstić information content (AvgIpc) is 3.36. The summed E-state index contributed by atoms with van der Waals surface area (Å²) in [5, 5.41) is 8.50. The highest BCUT2D eigenvalue weighted by molar-refractivity contribution is 7.12. The fourth-order valence-corrected chi connectivity index (χ4v) is 3.57. The Morgan fingerprint density at radius 3 is 2.92 bits per heavy atom. The molecule has 1 amide bonds. The van der Waals surface area contributed by atoms with Crippen molar-refractivity contribution in [2.45, 2.75) is 0 Å². The predicted octanol–water partition coefficient (Wildman–Crippen LogP) is 2.65. The molecule has 2 aromatic heterocycles. The summed E-state index contributed by atoms with van der Waals surface area (Å²) >= 11 is 1.33. The number of carbonyl (C=O) groups is 1. The van der Waals surface area contributed by atoms with Gasteiger partial charge in [-0.15, -0.1) is 11.3 Å². The van der Waals surface area contributed by atoms with Crippen LogP contribution in [-0.2, 0) is 0 Å². The van der Waals surface area contributed by atoms with Gasteiger partial charge in [-0.2, -0.15) is 0 Å². The second-order valence-electron chi connectivity index (χ2n) is 5.98. The van der Waals surface area contributed by atoms with E-state index in [9.17, 15) is 4.79 Å². The third-order valence-electron chi connectivity index (χ3n) is 4.23. The number of piperazine rings is 1. The number of aromatic nitrogens is 1. The van der Waals surface area contributed by atoms with Gasteiger partial charge in [0.15, 0.2) is 5.01 Å². The molecule has 0 aliphatic carbocycles. The van der Waals surface area contributed by atoms with Crippen LogP contribution < -0.4 is 21.3 Å². The van der Waals surface area contributed by atoms with E-state index in [1.165, 1.54) is 11.3 Å². The Kier molecular flexibility index (Phi) is 4.59. The van der Waals surface area contributed by atoms with Gasteiger partial charge in [0.2, 0.25) is 0 Å². The van der Waals surface area contributed by atoms with E-state index in [4.69, 9.17) is 10.2 Å². The number of thiazole rings is 1. The van der Waals surface area contributed by atoms with Gasteiger partial charge in [-0.3, -0.25) is 4.79 Å². The van der Waals surface area contributed by atoms with Crippen molar-refractivity contribution >= 4 is 34.4 Å². The van der Waals surface area contributed by atoms with Crippen LogP contribution in [0.25, 0.3) is 11.3 Å². The van der Waals surface area contributed by atoms with Crippen molar-refractivity contribution in [3.8, 4) is 11.3 Å². The van der Waals surface area contributed by atoms with Crippen molar-refractivity contribution in [2.75, 3.05) is 42.1 Å². The van der Waals surface area contributed by atoms with E-state index in [0.717, 1.165) is 43.3 Å². The summed E-state index contributed by atoms with van der Waals surface area (Å²) in [6, 6.07) is 9.09. The van der Waals surface area contributed by atoms with Crippen LogP contribution in [0.15, 0.2) is 46.4 Å². The molecule has 0 saturated carbocycles. The van der Waals surface area contributed by atoms with Crippen LogP contribution in [0.2, 0.25) is 0 Å². The highest BCUT2D eigenvalue weighted by Crippen LogP contribution is 2.28. The minimum absolute atomic E-state index is 0.264. The van der Waals surface area contributed by atoms with Gasteiger partial charge in [0.1, 0.15) is 11.6 Å². The Labute approximate surface area is 154 Å². The van der Waals surface area contributed by atoms with Gasteiger partial charge in [-0.1, -0.05) is 0 Å². The molecular formula is C18H19N5O2S. The van der Waals surface area contributed by atoms with Crippen molar-refractivity contribution in [3.63, 3.8) is 0 Å². The molecule has 1 aliphatic heterocycles. The fourth-order valence-electron chi connectivity index (χ4n) is 2.85. The minimum Gasteiger partial charge on any atom is -0.464 e. The lowest BCUT2D eigenvalue weighted by Gasteiger charge is -2.27. The number of nitrogens with zero attached hydrogens (tertiary/aromatic N) is 2. The molecule has 0 unspecified atom stereocenters. The molecule has 0 spiro atoms. The maximum absolute atomic E-state index is 12.6. The number of nitrogens with one attached hydrogen (secondary N) is 2. The van der Waals surface area contributed by atoms with E-state index in [-0.39, 0.29) is 5.91 Å². The summed E-state index contributed by atoms with van der Waals surface area (Å²) in [5.41, 5.74) is 7.90. The first-order valence-electron chi connectivity index (χ1n) is 8.36. The standard InChI is InChI=1S/C18H19N5O2S/c19-13-4-3-12(15-2-1-9-25-15)10-14(13)21-17(24)18-22-16(11-26-18)23-7-5-20-6-8-23/h1-4,9-11,20H,5-8,19H2,(H,21,24). The summed E-state index contributed by atoms with van der Waals surface area (Å²) in [7, 11) is 0. The molecule has 1 aromatic carbocycles. The van der Waals surface area contributed by atoms with Crippen LogP contribution in [-0.4, -0.2) is 37.1 Å². The molecular weight excluding hydrogens is 350 g/mol. The molecule has 1 aliphatic rings. The smallest absolute Gasteiger partial charge is 0.284 e. The maximum atomic E-state index is 12.6. The second-order valence-corrected chi connectivity index (χ2v) is 6.84. The summed E-state index contributed by atoms with van der Waals surface area (Å²) in [4.78, 5) is 19.2. The number of furan rings is 1.